The lowest BCUT2D eigenvalue weighted by atomic mass is 10.1. The average Bonchev–Trinajstić information content (AvgIpc) is 2.93. The van der Waals surface area contributed by atoms with Crippen LogP contribution < -0.4 is 5.32 Å². The van der Waals surface area contributed by atoms with Crippen molar-refractivity contribution in [2.75, 3.05) is 11.5 Å². The monoisotopic (exact) mass is 362 g/mol. The first-order valence-corrected chi connectivity index (χ1v) is 10.5. The van der Waals surface area contributed by atoms with Gasteiger partial charge in [-0.3, -0.25) is 4.79 Å². The van der Waals surface area contributed by atoms with Crippen molar-refractivity contribution >= 4 is 27.5 Å². The Morgan fingerprint density at radius 2 is 2.00 bits per heavy atom. The molecule has 1 aliphatic heterocycles. The lowest BCUT2D eigenvalue weighted by Gasteiger charge is -2.11. The Bertz CT molecular complexity index is 805. The molecular weight excluding hydrogens is 344 g/mol. The first kappa shape index (κ1) is 17.0. The molecule has 0 unspecified atom stereocenters. The van der Waals surface area contributed by atoms with E-state index in [1.165, 1.54) is 0 Å². The van der Waals surface area contributed by atoms with Gasteiger partial charge >= 0.3 is 0 Å². The Kier molecular flexibility index (Phi) is 5.20. The third kappa shape index (κ3) is 4.58. The minimum atomic E-state index is -2.99. The number of rotatable bonds is 5. The maximum atomic E-state index is 12.2. The molecule has 7 heteroatoms. The SMILES string of the molecule is O=C(N[C@@H]1CCS(=O)(=O)C1)c1ccc(CSc2ccccn2)cc1. The van der Waals surface area contributed by atoms with Crippen molar-refractivity contribution < 1.29 is 13.2 Å². The number of thioether (sulfide) groups is 1. The smallest absolute Gasteiger partial charge is 0.251 e. The largest absolute Gasteiger partial charge is 0.348 e. The van der Waals surface area contributed by atoms with Gasteiger partial charge in [-0.1, -0.05) is 18.2 Å². The molecule has 0 spiro atoms. The zero-order chi connectivity index (χ0) is 17.0. The first-order valence-electron chi connectivity index (χ1n) is 7.66. The van der Waals surface area contributed by atoms with Gasteiger partial charge in [0.05, 0.1) is 16.5 Å². The van der Waals surface area contributed by atoms with Crippen LogP contribution in [-0.2, 0) is 15.6 Å². The Labute approximate surface area is 145 Å². The number of sulfone groups is 1. The molecule has 2 aromatic rings. The molecule has 1 fully saturated rings. The molecule has 24 heavy (non-hydrogen) atoms. The van der Waals surface area contributed by atoms with Crippen LogP contribution in [0.3, 0.4) is 0 Å². The molecule has 1 amide bonds. The number of nitrogens with zero attached hydrogens (tertiary/aromatic N) is 1. The Hall–Kier alpha value is -1.86. The summed E-state index contributed by atoms with van der Waals surface area (Å²) in [6, 6.07) is 12.9. The fraction of sp³-hybridized carbons (Fsp3) is 0.294. The van der Waals surface area contributed by atoms with E-state index in [1.807, 2.05) is 30.3 Å². The quantitative estimate of drug-likeness (QED) is 0.826. The molecule has 0 bridgehead atoms. The number of hydrogen-bond donors (Lipinski definition) is 1. The van der Waals surface area contributed by atoms with E-state index in [0.29, 0.717) is 12.0 Å². The minimum absolute atomic E-state index is 0.0392. The van der Waals surface area contributed by atoms with Gasteiger partial charge in [0.25, 0.3) is 5.91 Å². The highest BCUT2D eigenvalue weighted by atomic mass is 32.2. The van der Waals surface area contributed by atoms with Crippen LogP contribution in [0.5, 0.6) is 0 Å². The summed E-state index contributed by atoms with van der Waals surface area (Å²) < 4.78 is 22.9. The van der Waals surface area contributed by atoms with Crippen LogP contribution in [0.1, 0.15) is 22.3 Å². The van der Waals surface area contributed by atoms with Crippen molar-refractivity contribution in [3.8, 4) is 0 Å². The number of nitrogens with one attached hydrogen (secondary N) is 1. The van der Waals surface area contributed by atoms with Crippen LogP contribution >= 0.6 is 11.8 Å². The van der Waals surface area contributed by atoms with E-state index in [4.69, 9.17) is 0 Å². The molecule has 1 aromatic carbocycles. The predicted molar refractivity (Wildman–Crippen MR) is 94.8 cm³/mol. The van der Waals surface area contributed by atoms with E-state index in [1.54, 1.807) is 30.1 Å². The van der Waals surface area contributed by atoms with Crippen LogP contribution in [0.25, 0.3) is 0 Å². The highest BCUT2D eigenvalue weighted by Crippen LogP contribution is 2.20. The minimum Gasteiger partial charge on any atom is -0.348 e. The Balaban J connectivity index is 1.55. The van der Waals surface area contributed by atoms with Gasteiger partial charge in [-0.15, -0.1) is 11.8 Å². The molecule has 0 saturated carbocycles. The third-order valence-corrected chi connectivity index (χ3v) is 6.59. The van der Waals surface area contributed by atoms with Crippen molar-refractivity contribution in [2.45, 2.75) is 23.2 Å². The lowest BCUT2D eigenvalue weighted by Crippen LogP contribution is -2.35. The number of carbonyl (C=O) groups excluding carboxylic acids is 1. The summed E-state index contributed by atoms with van der Waals surface area (Å²) in [6.07, 6.45) is 2.26. The second kappa shape index (κ2) is 7.36. The van der Waals surface area contributed by atoms with E-state index >= 15 is 0 Å². The summed E-state index contributed by atoms with van der Waals surface area (Å²) in [7, 11) is -2.99. The van der Waals surface area contributed by atoms with E-state index < -0.39 is 9.84 Å². The second-order valence-corrected chi connectivity index (χ2v) is 8.95. The molecule has 0 aliphatic carbocycles. The maximum Gasteiger partial charge on any atom is 0.251 e. The van der Waals surface area contributed by atoms with Gasteiger partial charge in [0.15, 0.2) is 9.84 Å². The standard InChI is InChI=1S/C17H18N2O3S2/c20-17(19-15-8-10-24(21,22)12-15)14-6-4-13(5-7-14)11-23-16-3-1-2-9-18-16/h1-7,9,15H,8,10-12H2,(H,19,20)/t15-/m1/s1. The summed E-state index contributed by atoms with van der Waals surface area (Å²) in [6.45, 7) is 0. The van der Waals surface area contributed by atoms with Crippen LogP contribution in [0, 0.1) is 0 Å². The van der Waals surface area contributed by atoms with Crippen LogP contribution in [0.4, 0.5) is 0 Å². The second-order valence-electron chi connectivity index (χ2n) is 5.73. The van der Waals surface area contributed by atoms with Crippen molar-refractivity contribution in [2.24, 2.45) is 0 Å². The highest BCUT2D eigenvalue weighted by Gasteiger charge is 2.29. The molecule has 5 nitrogen and oxygen atoms in total. The molecular formula is C17H18N2O3S2. The molecule has 1 atom stereocenters. The zero-order valence-electron chi connectivity index (χ0n) is 13.0. The molecule has 0 radical (unpaired) electrons. The maximum absolute atomic E-state index is 12.2. The van der Waals surface area contributed by atoms with Gasteiger partial charge in [-0.05, 0) is 36.2 Å². The van der Waals surface area contributed by atoms with Gasteiger partial charge in [-0.25, -0.2) is 13.4 Å². The summed E-state index contributed by atoms with van der Waals surface area (Å²) in [5.74, 6) is 0.750. The number of aromatic nitrogens is 1. The topological polar surface area (TPSA) is 76.1 Å². The predicted octanol–water partition coefficient (Wildman–Crippen LogP) is 2.29. The average molecular weight is 362 g/mol. The number of benzene rings is 1. The molecule has 1 N–H and O–H groups in total. The van der Waals surface area contributed by atoms with Crippen LogP contribution in [0.15, 0.2) is 53.7 Å². The van der Waals surface area contributed by atoms with Crippen LogP contribution in [-0.4, -0.2) is 36.9 Å². The van der Waals surface area contributed by atoms with E-state index in [-0.39, 0.29) is 23.5 Å². The summed E-state index contributed by atoms with van der Waals surface area (Å²) in [4.78, 5) is 16.4. The molecule has 1 saturated heterocycles. The molecule has 1 aromatic heterocycles. The molecule has 3 rings (SSSR count). The Morgan fingerprint density at radius 3 is 2.62 bits per heavy atom. The van der Waals surface area contributed by atoms with E-state index in [0.717, 1.165) is 16.3 Å². The van der Waals surface area contributed by atoms with Crippen molar-refractivity contribution in [1.29, 1.82) is 0 Å². The highest BCUT2D eigenvalue weighted by molar-refractivity contribution is 7.98. The summed E-state index contributed by atoms with van der Waals surface area (Å²) >= 11 is 1.64. The summed E-state index contributed by atoms with van der Waals surface area (Å²) in [5, 5.41) is 3.75. The van der Waals surface area contributed by atoms with Crippen molar-refractivity contribution in [3.05, 3.63) is 59.8 Å². The molecule has 1 aliphatic rings. The van der Waals surface area contributed by atoms with E-state index in [9.17, 15) is 13.2 Å². The van der Waals surface area contributed by atoms with Crippen molar-refractivity contribution in [1.82, 2.24) is 10.3 Å². The Morgan fingerprint density at radius 1 is 1.21 bits per heavy atom. The van der Waals surface area contributed by atoms with Gasteiger partial charge in [0, 0.05) is 23.6 Å². The number of amides is 1. The van der Waals surface area contributed by atoms with Crippen molar-refractivity contribution in [3.63, 3.8) is 0 Å². The van der Waals surface area contributed by atoms with E-state index in [2.05, 4.69) is 10.3 Å². The number of carbonyl (C=O) groups is 1. The fourth-order valence-corrected chi connectivity index (χ4v) is 5.01. The van der Waals surface area contributed by atoms with Crippen LogP contribution in [0.2, 0.25) is 0 Å². The van der Waals surface area contributed by atoms with Gasteiger partial charge in [0.2, 0.25) is 0 Å². The zero-order valence-corrected chi connectivity index (χ0v) is 14.6. The van der Waals surface area contributed by atoms with Gasteiger partial charge < -0.3 is 5.32 Å². The third-order valence-electron chi connectivity index (χ3n) is 3.81. The van der Waals surface area contributed by atoms with Gasteiger partial charge in [-0.2, -0.15) is 0 Å². The number of hydrogen-bond acceptors (Lipinski definition) is 5. The fourth-order valence-electron chi connectivity index (χ4n) is 2.52. The summed E-state index contributed by atoms with van der Waals surface area (Å²) in [5.41, 5.74) is 1.65. The van der Waals surface area contributed by atoms with Gasteiger partial charge in [0.1, 0.15) is 0 Å². The molecule has 126 valence electrons. The normalized spacial score (nSPS) is 19.1. The lowest BCUT2D eigenvalue weighted by molar-refractivity contribution is 0.0941. The first-order chi connectivity index (χ1) is 11.5. The molecule has 2 heterocycles. The number of pyridine rings is 1.